The molecule has 2 unspecified atom stereocenters. The van der Waals surface area contributed by atoms with E-state index in [9.17, 15) is 4.79 Å². The Bertz CT molecular complexity index is 336. The van der Waals surface area contributed by atoms with Gasteiger partial charge in [-0.2, -0.15) is 0 Å². The number of piperidine rings is 2. The largest absolute Gasteiger partial charge is 0.300 e. The zero-order valence-corrected chi connectivity index (χ0v) is 11.3. The van der Waals surface area contributed by atoms with Gasteiger partial charge in [-0.05, 0) is 5.92 Å². The second-order valence-corrected chi connectivity index (χ2v) is 6.78. The van der Waals surface area contributed by atoms with Gasteiger partial charge in [0, 0.05) is 39.3 Å². The maximum Gasteiger partial charge on any atom is 0.150 e. The molecule has 3 nitrogen and oxygen atoms in total. The highest BCUT2D eigenvalue weighted by Gasteiger charge is 2.60. The second-order valence-electron chi connectivity index (χ2n) is 6.78. The molecule has 4 bridgehead atoms. The van der Waals surface area contributed by atoms with E-state index in [0.29, 0.717) is 11.7 Å². The first-order valence-corrected chi connectivity index (χ1v) is 7.00. The Balaban J connectivity index is 2.06. The molecule has 0 N–H and O–H groups in total. The number of fused-ring (bicyclic) bond motifs is 1. The van der Waals surface area contributed by atoms with Crippen LogP contribution in [0.2, 0.25) is 0 Å². The van der Waals surface area contributed by atoms with E-state index in [1.165, 1.54) is 0 Å². The van der Waals surface area contributed by atoms with Gasteiger partial charge in [-0.1, -0.05) is 27.2 Å². The summed E-state index contributed by atoms with van der Waals surface area (Å²) in [6, 6.07) is 0. The van der Waals surface area contributed by atoms with Gasteiger partial charge in [0.1, 0.15) is 5.78 Å². The zero-order chi connectivity index (χ0) is 12.3. The van der Waals surface area contributed by atoms with Crippen molar-refractivity contribution >= 4 is 5.78 Å². The summed E-state index contributed by atoms with van der Waals surface area (Å²) in [5.74, 6) is 1.08. The molecule has 0 amide bonds. The highest BCUT2D eigenvalue weighted by molar-refractivity contribution is 5.93. The van der Waals surface area contributed by atoms with Gasteiger partial charge >= 0.3 is 0 Å². The third kappa shape index (κ3) is 1.45. The van der Waals surface area contributed by atoms with Crippen LogP contribution in [0, 0.1) is 16.7 Å². The van der Waals surface area contributed by atoms with E-state index < -0.39 is 0 Å². The van der Waals surface area contributed by atoms with E-state index >= 15 is 0 Å². The first kappa shape index (κ1) is 11.7. The molecule has 0 radical (unpaired) electrons. The number of carbonyl (C=O) groups excluding carboxylic acids is 1. The minimum Gasteiger partial charge on any atom is -0.300 e. The molecule has 0 spiro atoms. The van der Waals surface area contributed by atoms with Crippen molar-refractivity contribution in [3.63, 3.8) is 0 Å². The molecule has 96 valence electrons. The molecule has 4 aliphatic rings. The highest BCUT2D eigenvalue weighted by Crippen LogP contribution is 2.48. The maximum atomic E-state index is 12.9. The van der Waals surface area contributed by atoms with Crippen LogP contribution >= 0.6 is 0 Å². The Kier molecular flexibility index (Phi) is 2.43. The number of ketones is 1. The summed E-state index contributed by atoms with van der Waals surface area (Å²) < 4.78 is 0. The summed E-state index contributed by atoms with van der Waals surface area (Å²) in [6.45, 7) is 13.0. The molecular weight excluding hydrogens is 212 g/mol. The van der Waals surface area contributed by atoms with E-state index in [0.717, 1.165) is 45.7 Å². The number of carbonyl (C=O) groups is 1. The average molecular weight is 236 g/mol. The Morgan fingerprint density at radius 3 is 2.18 bits per heavy atom. The van der Waals surface area contributed by atoms with Crippen LogP contribution in [0.5, 0.6) is 0 Å². The van der Waals surface area contributed by atoms with Gasteiger partial charge in [0.2, 0.25) is 0 Å². The van der Waals surface area contributed by atoms with E-state index in [1.54, 1.807) is 0 Å². The Hall–Kier alpha value is -0.410. The van der Waals surface area contributed by atoms with Gasteiger partial charge in [-0.25, -0.2) is 0 Å². The van der Waals surface area contributed by atoms with E-state index in [1.807, 2.05) is 0 Å². The SMILES string of the molecule is CC[C@@H](C)C12CN3CCN(CC(C)(C3)C1=O)C2. The van der Waals surface area contributed by atoms with Crippen LogP contribution in [0.1, 0.15) is 27.2 Å². The van der Waals surface area contributed by atoms with Crippen LogP contribution in [0.3, 0.4) is 0 Å². The van der Waals surface area contributed by atoms with Gasteiger partial charge < -0.3 is 0 Å². The summed E-state index contributed by atoms with van der Waals surface area (Å²) in [4.78, 5) is 18.0. The smallest absolute Gasteiger partial charge is 0.150 e. The van der Waals surface area contributed by atoms with Crippen molar-refractivity contribution < 1.29 is 4.79 Å². The highest BCUT2D eigenvalue weighted by atomic mass is 16.1. The Morgan fingerprint density at radius 2 is 1.71 bits per heavy atom. The molecule has 0 saturated carbocycles. The van der Waals surface area contributed by atoms with Gasteiger partial charge in [0.05, 0.1) is 10.8 Å². The average Bonchev–Trinajstić information content (AvgIpc) is 2.51. The number of rotatable bonds is 2. The molecule has 17 heavy (non-hydrogen) atoms. The number of nitrogens with zero attached hydrogens (tertiary/aromatic N) is 2. The summed E-state index contributed by atoms with van der Waals surface area (Å²) >= 11 is 0. The normalized spacial score (nSPS) is 50.4. The van der Waals surface area contributed by atoms with Crippen molar-refractivity contribution in [3.8, 4) is 0 Å². The number of hydrogen-bond donors (Lipinski definition) is 0. The molecule has 3 atom stereocenters. The Labute approximate surface area is 104 Å². The van der Waals surface area contributed by atoms with Crippen molar-refractivity contribution in [2.24, 2.45) is 16.7 Å². The van der Waals surface area contributed by atoms with Crippen LogP contribution in [0.4, 0.5) is 0 Å². The lowest BCUT2D eigenvalue weighted by Gasteiger charge is -2.55. The monoisotopic (exact) mass is 236 g/mol. The molecule has 3 heteroatoms. The number of Topliss-reactive ketones (excluding diaryl/α,β-unsaturated/α-hetero) is 1. The van der Waals surface area contributed by atoms with Gasteiger partial charge in [0.25, 0.3) is 0 Å². The molecule has 0 aromatic carbocycles. The van der Waals surface area contributed by atoms with E-state index in [-0.39, 0.29) is 10.8 Å². The maximum absolute atomic E-state index is 12.9. The Morgan fingerprint density at radius 1 is 1.18 bits per heavy atom. The van der Waals surface area contributed by atoms with E-state index in [4.69, 9.17) is 0 Å². The van der Waals surface area contributed by atoms with Crippen LogP contribution in [-0.4, -0.2) is 54.9 Å². The van der Waals surface area contributed by atoms with Crippen LogP contribution in [0.25, 0.3) is 0 Å². The zero-order valence-electron chi connectivity index (χ0n) is 11.3. The molecule has 0 aliphatic carbocycles. The molecule has 0 aromatic rings. The molecule has 4 fully saturated rings. The topological polar surface area (TPSA) is 23.6 Å². The molecule has 4 aliphatic heterocycles. The van der Waals surface area contributed by atoms with Gasteiger partial charge in [-0.15, -0.1) is 0 Å². The molecule has 4 heterocycles. The molecule has 4 rings (SSSR count). The fourth-order valence-electron chi connectivity index (χ4n) is 4.41. The second kappa shape index (κ2) is 3.55. The summed E-state index contributed by atoms with van der Waals surface area (Å²) in [7, 11) is 0. The van der Waals surface area contributed by atoms with Crippen molar-refractivity contribution in [2.45, 2.75) is 27.2 Å². The van der Waals surface area contributed by atoms with Crippen LogP contribution in [-0.2, 0) is 4.79 Å². The van der Waals surface area contributed by atoms with Gasteiger partial charge in [-0.3, -0.25) is 14.6 Å². The minimum absolute atomic E-state index is 0.0729. The summed E-state index contributed by atoms with van der Waals surface area (Å²) in [6.07, 6.45) is 1.11. The lowest BCUT2D eigenvalue weighted by molar-refractivity contribution is -0.159. The fourth-order valence-corrected chi connectivity index (χ4v) is 4.41. The lowest BCUT2D eigenvalue weighted by atomic mass is 9.58. The standard InChI is InChI=1S/C14H24N2O/c1-4-11(2)14-9-15-5-6-16(10-14)8-13(3,7-15)12(14)17/h11H,4-10H2,1-3H3/t11-,13?,14?/m1/s1. The van der Waals surface area contributed by atoms with Crippen molar-refractivity contribution in [1.82, 2.24) is 9.80 Å². The van der Waals surface area contributed by atoms with E-state index in [2.05, 4.69) is 30.6 Å². The third-order valence-corrected chi connectivity index (χ3v) is 5.45. The third-order valence-electron chi connectivity index (χ3n) is 5.45. The summed E-state index contributed by atoms with van der Waals surface area (Å²) in [5, 5.41) is 0. The van der Waals surface area contributed by atoms with Crippen molar-refractivity contribution in [1.29, 1.82) is 0 Å². The summed E-state index contributed by atoms with van der Waals surface area (Å²) in [5.41, 5.74) is -0.174. The quantitative estimate of drug-likeness (QED) is 0.721. The number of hydrogen-bond acceptors (Lipinski definition) is 3. The first-order valence-electron chi connectivity index (χ1n) is 7.00. The molecule has 0 aromatic heterocycles. The fraction of sp³-hybridized carbons (Fsp3) is 0.929. The predicted molar refractivity (Wildman–Crippen MR) is 67.9 cm³/mol. The molecule has 4 saturated heterocycles. The minimum atomic E-state index is -0.101. The van der Waals surface area contributed by atoms with Crippen LogP contribution in [0.15, 0.2) is 0 Å². The van der Waals surface area contributed by atoms with Crippen molar-refractivity contribution in [3.05, 3.63) is 0 Å². The molecular formula is C14H24N2O. The first-order chi connectivity index (χ1) is 8.00. The lowest BCUT2D eigenvalue weighted by Crippen LogP contribution is -2.68. The van der Waals surface area contributed by atoms with Crippen LogP contribution < -0.4 is 0 Å². The van der Waals surface area contributed by atoms with Crippen molar-refractivity contribution in [2.75, 3.05) is 39.3 Å². The predicted octanol–water partition coefficient (Wildman–Crippen LogP) is 1.24. The van der Waals surface area contributed by atoms with Gasteiger partial charge in [0.15, 0.2) is 0 Å².